The van der Waals surface area contributed by atoms with Gasteiger partial charge in [0, 0.05) is 25.5 Å². The summed E-state index contributed by atoms with van der Waals surface area (Å²) in [6, 6.07) is 9.32. The second-order valence-electron chi connectivity index (χ2n) is 4.46. The molecule has 0 saturated heterocycles. The maximum Gasteiger partial charge on any atom is 0.256 e. The van der Waals surface area contributed by atoms with Gasteiger partial charge in [-0.3, -0.25) is 9.89 Å². The molecule has 5 nitrogen and oxygen atoms in total. The van der Waals surface area contributed by atoms with Gasteiger partial charge in [-0.1, -0.05) is 18.2 Å². The van der Waals surface area contributed by atoms with Crippen molar-refractivity contribution in [2.45, 2.75) is 6.54 Å². The molecule has 104 valence electrons. The van der Waals surface area contributed by atoms with Crippen LogP contribution in [0.1, 0.15) is 16.1 Å². The van der Waals surface area contributed by atoms with E-state index in [4.69, 9.17) is 0 Å². The van der Waals surface area contributed by atoms with E-state index in [1.165, 1.54) is 0 Å². The number of carbonyl (C=O) groups excluding carboxylic acids is 1. The molecule has 0 bridgehead atoms. The van der Waals surface area contributed by atoms with Gasteiger partial charge in [0.15, 0.2) is 0 Å². The summed E-state index contributed by atoms with van der Waals surface area (Å²) >= 11 is 0. The molecule has 2 rings (SSSR count). The summed E-state index contributed by atoms with van der Waals surface area (Å²) in [5.74, 6) is -0.0354. The zero-order chi connectivity index (χ0) is 14.4. The largest absolute Gasteiger partial charge is 0.381 e. The van der Waals surface area contributed by atoms with Gasteiger partial charge >= 0.3 is 0 Å². The van der Waals surface area contributed by atoms with Crippen LogP contribution in [0.2, 0.25) is 0 Å². The van der Waals surface area contributed by atoms with Gasteiger partial charge in [-0.15, -0.1) is 6.58 Å². The van der Waals surface area contributed by atoms with Gasteiger partial charge in [-0.2, -0.15) is 5.10 Å². The van der Waals surface area contributed by atoms with Crippen molar-refractivity contribution < 1.29 is 4.79 Å². The van der Waals surface area contributed by atoms with E-state index in [0.29, 0.717) is 18.7 Å². The molecular formula is C15H18N4O. The van der Waals surface area contributed by atoms with Gasteiger partial charge in [0.1, 0.15) is 0 Å². The minimum absolute atomic E-state index is 0.0354. The van der Waals surface area contributed by atoms with Crippen LogP contribution in [0.25, 0.3) is 0 Å². The van der Waals surface area contributed by atoms with Crippen LogP contribution in [0.15, 0.2) is 49.2 Å². The SMILES string of the molecule is C=CCNc1ccccc1C(=O)N(C)Cc1ccn[nH]1. The van der Waals surface area contributed by atoms with E-state index in [-0.39, 0.29) is 5.91 Å². The summed E-state index contributed by atoms with van der Waals surface area (Å²) in [7, 11) is 1.77. The van der Waals surface area contributed by atoms with Gasteiger partial charge in [0.05, 0.1) is 17.8 Å². The predicted octanol–water partition coefficient (Wildman–Crippen LogP) is 2.28. The van der Waals surface area contributed by atoms with E-state index in [2.05, 4.69) is 22.1 Å². The number of nitrogens with one attached hydrogen (secondary N) is 2. The molecule has 0 fully saturated rings. The molecular weight excluding hydrogens is 252 g/mol. The highest BCUT2D eigenvalue weighted by molar-refractivity contribution is 5.99. The van der Waals surface area contributed by atoms with Gasteiger partial charge in [0.25, 0.3) is 5.91 Å². The van der Waals surface area contributed by atoms with Crippen molar-refractivity contribution in [3.05, 3.63) is 60.4 Å². The molecule has 2 aromatic rings. The number of carbonyl (C=O) groups is 1. The van der Waals surface area contributed by atoms with Crippen LogP contribution in [0, 0.1) is 0 Å². The van der Waals surface area contributed by atoms with Crippen molar-refractivity contribution in [2.24, 2.45) is 0 Å². The quantitative estimate of drug-likeness (QED) is 0.792. The molecule has 0 aliphatic rings. The lowest BCUT2D eigenvalue weighted by Crippen LogP contribution is -2.27. The maximum absolute atomic E-state index is 12.5. The average Bonchev–Trinajstić information content (AvgIpc) is 2.97. The molecule has 0 radical (unpaired) electrons. The third-order valence-electron chi connectivity index (χ3n) is 2.91. The Labute approximate surface area is 118 Å². The number of benzene rings is 1. The van der Waals surface area contributed by atoms with Crippen LogP contribution in [0.3, 0.4) is 0 Å². The first-order chi connectivity index (χ1) is 9.72. The van der Waals surface area contributed by atoms with Crippen molar-refractivity contribution in [2.75, 3.05) is 18.9 Å². The molecule has 20 heavy (non-hydrogen) atoms. The minimum atomic E-state index is -0.0354. The van der Waals surface area contributed by atoms with Crippen LogP contribution in [-0.4, -0.2) is 34.6 Å². The van der Waals surface area contributed by atoms with Crippen LogP contribution in [0.4, 0.5) is 5.69 Å². The molecule has 1 aromatic carbocycles. The van der Waals surface area contributed by atoms with Gasteiger partial charge < -0.3 is 10.2 Å². The molecule has 1 aromatic heterocycles. The number of aromatic nitrogens is 2. The number of H-pyrrole nitrogens is 1. The first kappa shape index (κ1) is 13.9. The number of anilines is 1. The summed E-state index contributed by atoms with van der Waals surface area (Å²) in [6.07, 6.45) is 3.43. The lowest BCUT2D eigenvalue weighted by Gasteiger charge is -2.18. The highest BCUT2D eigenvalue weighted by Crippen LogP contribution is 2.17. The lowest BCUT2D eigenvalue weighted by molar-refractivity contribution is 0.0784. The smallest absolute Gasteiger partial charge is 0.256 e. The Bertz CT molecular complexity index is 577. The van der Waals surface area contributed by atoms with Crippen LogP contribution >= 0.6 is 0 Å². The van der Waals surface area contributed by atoms with Crippen molar-refractivity contribution in [3.8, 4) is 0 Å². The lowest BCUT2D eigenvalue weighted by atomic mass is 10.1. The molecule has 0 aliphatic carbocycles. The van der Waals surface area contributed by atoms with Crippen LogP contribution in [0.5, 0.6) is 0 Å². The first-order valence-electron chi connectivity index (χ1n) is 6.40. The van der Waals surface area contributed by atoms with E-state index in [9.17, 15) is 4.79 Å². The molecule has 0 aliphatic heterocycles. The highest BCUT2D eigenvalue weighted by atomic mass is 16.2. The van der Waals surface area contributed by atoms with Gasteiger partial charge in [-0.05, 0) is 18.2 Å². The number of aromatic amines is 1. The third-order valence-corrected chi connectivity index (χ3v) is 2.91. The van der Waals surface area contributed by atoms with E-state index in [1.54, 1.807) is 24.2 Å². The number of para-hydroxylation sites is 1. The normalized spacial score (nSPS) is 10.1. The molecule has 1 amide bonds. The molecule has 0 unspecified atom stereocenters. The second-order valence-corrected chi connectivity index (χ2v) is 4.46. The summed E-state index contributed by atoms with van der Waals surface area (Å²) in [6.45, 7) is 4.78. The summed E-state index contributed by atoms with van der Waals surface area (Å²) in [5.41, 5.74) is 2.36. The van der Waals surface area contributed by atoms with Crippen molar-refractivity contribution in [3.63, 3.8) is 0 Å². The number of nitrogens with zero attached hydrogens (tertiary/aromatic N) is 2. The summed E-state index contributed by atoms with van der Waals surface area (Å²) < 4.78 is 0. The fourth-order valence-corrected chi connectivity index (χ4v) is 1.91. The Hall–Kier alpha value is -2.56. The number of amides is 1. The average molecular weight is 270 g/mol. The monoisotopic (exact) mass is 270 g/mol. The van der Waals surface area contributed by atoms with Crippen molar-refractivity contribution in [1.29, 1.82) is 0 Å². The molecule has 2 N–H and O–H groups in total. The Morgan fingerprint density at radius 1 is 1.45 bits per heavy atom. The summed E-state index contributed by atoms with van der Waals surface area (Å²) in [4.78, 5) is 14.1. The van der Waals surface area contributed by atoms with E-state index in [1.807, 2.05) is 30.3 Å². The highest BCUT2D eigenvalue weighted by Gasteiger charge is 2.15. The maximum atomic E-state index is 12.5. The standard InChI is InChI=1S/C15H18N4O/c1-3-9-16-14-7-5-4-6-13(14)15(20)19(2)11-12-8-10-17-18-12/h3-8,10,16H,1,9,11H2,2H3,(H,17,18). The topological polar surface area (TPSA) is 61.0 Å². The number of hydrogen-bond donors (Lipinski definition) is 2. The number of hydrogen-bond acceptors (Lipinski definition) is 3. The fraction of sp³-hybridized carbons (Fsp3) is 0.200. The van der Waals surface area contributed by atoms with E-state index >= 15 is 0 Å². The Morgan fingerprint density at radius 3 is 2.95 bits per heavy atom. The Morgan fingerprint density at radius 2 is 2.25 bits per heavy atom. The minimum Gasteiger partial charge on any atom is -0.381 e. The predicted molar refractivity (Wildman–Crippen MR) is 79.5 cm³/mol. The third kappa shape index (κ3) is 3.26. The molecule has 0 saturated carbocycles. The molecule has 1 heterocycles. The van der Waals surface area contributed by atoms with Crippen molar-refractivity contribution >= 4 is 11.6 Å². The molecule has 0 spiro atoms. The van der Waals surface area contributed by atoms with Gasteiger partial charge in [-0.25, -0.2) is 0 Å². The van der Waals surface area contributed by atoms with Crippen LogP contribution in [-0.2, 0) is 6.54 Å². The van der Waals surface area contributed by atoms with Gasteiger partial charge in [0.2, 0.25) is 0 Å². The zero-order valence-electron chi connectivity index (χ0n) is 11.5. The van der Waals surface area contributed by atoms with Crippen molar-refractivity contribution in [1.82, 2.24) is 15.1 Å². The molecule has 5 heteroatoms. The van der Waals surface area contributed by atoms with E-state index in [0.717, 1.165) is 11.4 Å². The Kier molecular flexibility index (Phi) is 4.55. The zero-order valence-corrected chi connectivity index (χ0v) is 11.5. The fourth-order valence-electron chi connectivity index (χ4n) is 1.91. The summed E-state index contributed by atoms with van der Waals surface area (Å²) in [5, 5.41) is 9.90. The second kappa shape index (κ2) is 6.56. The van der Waals surface area contributed by atoms with E-state index < -0.39 is 0 Å². The van der Waals surface area contributed by atoms with Crippen LogP contribution < -0.4 is 5.32 Å². The number of rotatable bonds is 6. The first-order valence-corrected chi connectivity index (χ1v) is 6.40. The Balaban J connectivity index is 2.13. The molecule has 0 atom stereocenters.